The standard InChI is InChI=1S/C35H29N3O5/c36-33(39)26-11-7-13-28(21-26)37-35(41)32(25-17-19-29(20-18-25)42-23-24-9-3-1-4-10-24)38-34(40)27-12-8-16-31(22-27)43-30-14-5-2-6-15-30/h1-22,32H,23H2,(H2,36,39)(H,37,41)(H,38,40)/t32-/m0/s1. The van der Waals surface area contributed by atoms with E-state index >= 15 is 0 Å². The molecule has 43 heavy (non-hydrogen) atoms. The molecule has 0 saturated carbocycles. The van der Waals surface area contributed by atoms with Gasteiger partial charge in [-0.1, -0.05) is 72.8 Å². The molecular formula is C35H29N3O5. The Labute approximate surface area is 249 Å². The number of ether oxygens (including phenoxy) is 2. The summed E-state index contributed by atoms with van der Waals surface area (Å²) in [5.74, 6) is 0.106. The van der Waals surface area contributed by atoms with Gasteiger partial charge >= 0.3 is 0 Å². The molecule has 8 nitrogen and oxygen atoms in total. The summed E-state index contributed by atoms with van der Waals surface area (Å²) in [6.45, 7) is 0.387. The first-order valence-corrected chi connectivity index (χ1v) is 13.6. The van der Waals surface area contributed by atoms with Crippen molar-refractivity contribution in [2.45, 2.75) is 12.6 Å². The monoisotopic (exact) mass is 571 g/mol. The third-order valence-corrected chi connectivity index (χ3v) is 6.49. The molecule has 214 valence electrons. The van der Waals surface area contributed by atoms with Gasteiger partial charge in [0.25, 0.3) is 11.8 Å². The van der Waals surface area contributed by atoms with Crippen molar-refractivity contribution in [1.82, 2.24) is 5.32 Å². The van der Waals surface area contributed by atoms with Crippen LogP contribution in [-0.2, 0) is 11.4 Å². The van der Waals surface area contributed by atoms with Crippen LogP contribution < -0.4 is 25.8 Å². The predicted molar refractivity (Wildman–Crippen MR) is 164 cm³/mol. The largest absolute Gasteiger partial charge is 0.489 e. The minimum Gasteiger partial charge on any atom is -0.489 e. The van der Waals surface area contributed by atoms with Crippen molar-refractivity contribution >= 4 is 23.4 Å². The molecule has 3 amide bonds. The first-order valence-electron chi connectivity index (χ1n) is 13.6. The van der Waals surface area contributed by atoms with Crippen LogP contribution in [0.4, 0.5) is 5.69 Å². The number of amides is 3. The maximum absolute atomic E-state index is 13.6. The number of anilines is 1. The summed E-state index contributed by atoms with van der Waals surface area (Å²) < 4.78 is 11.8. The molecule has 0 aliphatic carbocycles. The number of hydrogen-bond donors (Lipinski definition) is 3. The molecule has 5 aromatic rings. The van der Waals surface area contributed by atoms with Crippen LogP contribution in [0.2, 0.25) is 0 Å². The molecule has 0 unspecified atom stereocenters. The average Bonchev–Trinajstić information content (AvgIpc) is 3.04. The Balaban J connectivity index is 1.36. The number of rotatable bonds is 11. The molecule has 0 aliphatic rings. The van der Waals surface area contributed by atoms with Crippen LogP contribution in [0.1, 0.15) is 37.9 Å². The number of nitrogens with two attached hydrogens (primary N) is 1. The predicted octanol–water partition coefficient (Wildman–Crippen LogP) is 6.27. The second-order valence-electron chi connectivity index (χ2n) is 9.63. The molecule has 8 heteroatoms. The van der Waals surface area contributed by atoms with Crippen LogP contribution in [0.15, 0.2) is 133 Å². The van der Waals surface area contributed by atoms with Gasteiger partial charge in [0.2, 0.25) is 5.91 Å². The highest BCUT2D eigenvalue weighted by Gasteiger charge is 2.24. The molecule has 0 spiro atoms. The van der Waals surface area contributed by atoms with Crippen molar-refractivity contribution in [3.63, 3.8) is 0 Å². The summed E-state index contributed by atoms with van der Waals surface area (Å²) in [4.78, 5) is 38.6. The normalized spacial score (nSPS) is 11.2. The van der Waals surface area contributed by atoms with E-state index in [1.54, 1.807) is 66.7 Å². The molecular weight excluding hydrogens is 542 g/mol. The van der Waals surface area contributed by atoms with Crippen molar-refractivity contribution in [2.75, 3.05) is 5.32 Å². The lowest BCUT2D eigenvalue weighted by Gasteiger charge is -2.20. The Kier molecular flexibility index (Phi) is 9.09. The molecule has 0 bridgehead atoms. The number of primary amides is 1. The number of carbonyl (C=O) groups excluding carboxylic acids is 3. The van der Waals surface area contributed by atoms with E-state index in [2.05, 4.69) is 10.6 Å². The van der Waals surface area contributed by atoms with Gasteiger partial charge < -0.3 is 25.8 Å². The lowest BCUT2D eigenvalue weighted by atomic mass is 10.0. The summed E-state index contributed by atoms with van der Waals surface area (Å²) >= 11 is 0. The Bertz CT molecular complexity index is 1710. The Hall–Kier alpha value is -5.89. The zero-order chi connectivity index (χ0) is 30.0. The van der Waals surface area contributed by atoms with E-state index in [1.807, 2.05) is 60.7 Å². The molecule has 1 atom stereocenters. The van der Waals surface area contributed by atoms with Gasteiger partial charge in [0.05, 0.1) is 0 Å². The zero-order valence-corrected chi connectivity index (χ0v) is 23.1. The van der Waals surface area contributed by atoms with Gasteiger partial charge in [-0.25, -0.2) is 0 Å². The maximum atomic E-state index is 13.6. The highest BCUT2D eigenvalue weighted by atomic mass is 16.5. The minimum atomic E-state index is -1.08. The van der Waals surface area contributed by atoms with Crippen LogP contribution in [0.25, 0.3) is 0 Å². The van der Waals surface area contributed by atoms with Crippen LogP contribution in [0, 0.1) is 0 Å². The van der Waals surface area contributed by atoms with Crippen LogP contribution in [0.3, 0.4) is 0 Å². The van der Waals surface area contributed by atoms with E-state index in [0.29, 0.717) is 40.7 Å². The molecule has 0 fully saturated rings. The van der Waals surface area contributed by atoms with Crippen molar-refractivity contribution in [1.29, 1.82) is 0 Å². The van der Waals surface area contributed by atoms with Gasteiger partial charge in [0, 0.05) is 16.8 Å². The zero-order valence-electron chi connectivity index (χ0n) is 23.1. The minimum absolute atomic E-state index is 0.244. The van der Waals surface area contributed by atoms with E-state index in [9.17, 15) is 14.4 Å². The second kappa shape index (κ2) is 13.6. The summed E-state index contributed by atoms with van der Waals surface area (Å²) in [6.07, 6.45) is 0. The number of carbonyl (C=O) groups is 3. The molecule has 5 aromatic carbocycles. The first-order chi connectivity index (χ1) is 20.9. The van der Waals surface area contributed by atoms with Crippen molar-refractivity contribution in [2.24, 2.45) is 5.73 Å². The van der Waals surface area contributed by atoms with Crippen LogP contribution in [0.5, 0.6) is 17.2 Å². The lowest BCUT2D eigenvalue weighted by molar-refractivity contribution is -0.118. The molecule has 0 heterocycles. The number of hydrogen-bond acceptors (Lipinski definition) is 5. The van der Waals surface area contributed by atoms with E-state index in [4.69, 9.17) is 15.2 Å². The van der Waals surface area contributed by atoms with E-state index in [1.165, 1.54) is 6.07 Å². The van der Waals surface area contributed by atoms with E-state index < -0.39 is 23.8 Å². The average molecular weight is 572 g/mol. The van der Waals surface area contributed by atoms with Crippen LogP contribution in [-0.4, -0.2) is 17.7 Å². The van der Waals surface area contributed by atoms with Gasteiger partial charge in [-0.2, -0.15) is 0 Å². The molecule has 0 saturated heterocycles. The Morgan fingerprint density at radius 3 is 2.02 bits per heavy atom. The number of benzene rings is 5. The van der Waals surface area contributed by atoms with Crippen molar-refractivity contribution < 1.29 is 23.9 Å². The highest BCUT2D eigenvalue weighted by molar-refractivity contribution is 6.02. The van der Waals surface area contributed by atoms with E-state index in [-0.39, 0.29) is 5.56 Å². The van der Waals surface area contributed by atoms with Crippen molar-refractivity contribution in [3.8, 4) is 17.2 Å². The first kappa shape index (κ1) is 28.6. The van der Waals surface area contributed by atoms with E-state index in [0.717, 1.165) is 5.56 Å². The van der Waals surface area contributed by atoms with Gasteiger partial charge in [-0.3, -0.25) is 14.4 Å². The molecule has 0 radical (unpaired) electrons. The molecule has 5 rings (SSSR count). The number of para-hydroxylation sites is 1. The third-order valence-electron chi connectivity index (χ3n) is 6.49. The smallest absolute Gasteiger partial charge is 0.252 e. The molecule has 0 aromatic heterocycles. The summed E-state index contributed by atoms with van der Waals surface area (Å²) in [7, 11) is 0. The topological polar surface area (TPSA) is 120 Å². The number of nitrogens with one attached hydrogen (secondary N) is 2. The van der Waals surface area contributed by atoms with Crippen molar-refractivity contribution in [3.05, 3.63) is 156 Å². The van der Waals surface area contributed by atoms with Crippen LogP contribution >= 0.6 is 0 Å². The van der Waals surface area contributed by atoms with Gasteiger partial charge in [0.1, 0.15) is 29.9 Å². The molecule has 4 N–H and O–H groups in total. The quantitative estimate of drug-likeness (QED) is 0.173. The maximum Gasteiger partial charge on any atom is 0.252 e. The highest BCUT2D eigenvalue weighted by Crippen LogP contribution is 2.24. The summed E-state index contributed by atoms with van der Waals surface area (Å²) in [5.41, 5.74) is 7.87. The molecule has 0 aliphatic heterocycles. The van der Waals surface area contributed by atoms with Gasteiger partial charge in [-0.15, -0.1) is 0 Å². The Morgan fingerprint density at radius 1 is 0.651 bits per heavy atom. The summed E-state index contributed by atoms with van der Waals surface area (Å²) in [6, 6.07) is 37.8. The fourth-order valence-corrected chi connectivity index (χ4v) is 4.30. The fourth-order valence-electron chi connectivity index (χ4n) is 4.30. The Morgan fingerprint density at radius 2 is 1.30 bits per heavy atom. The van der Waals surface area contributed by atoms with Gasteiger partial charge in [0.15, 0.2) is 0 Å². The third kappa shape index (κ3) is 7.86. The van der Waals surface area contributed by atoms with Gasteiger partial charge in [-0.05, 0) is 71.8 Å². The lowest BCUT2D eigenvalue weighted by Crippen LogP contribution is -2.37. The summed E-state index contributed by atoms with van der Waals surface area (Å²) in [5, 5.41) is 5.62. The second-order valence-corrected chi connectivity index (χ2v) is 9.63. The SMILES string of the molecule is NC(=O)c1cccc(NC(=O)[C@@H](NC(=O)c2cccc(Oc3ccccc3)c2)c2ccc(OCc3ccccc3)cc2)c1. The fraction of sp³-hybridized carbons (Fsp3) is 0.0571.